The van der Waals surface area contributed by atoms with Crippen LogP contribution in [0.5, 0.6) is 5.75 Å². The van der Waals surface area contributed by atoms with Crippen molar-refractivity contribution in [3.05, 3.63) is 34.4 Å². The number of thiazole rings is 1. The fraction of sp³-hybridized carbons (Fsp3) is 0.474. The molecule has 0 spiro atoms. The fourth-order valence-electron chi connectivity index (χ4n) is 3.40. The van der Waals surface area contributed by atoms with Crippen molar-refractivity contribution in [2.24, 2.45) is 5.41 Å². The third-order valence-electron chi connectivity index (χ3n) is 5.30. The van der Waals surface area contributed by atoms with Crippen LogP contribution in [0.3, 0.4) is 0 Å². The van der Waals surface area contributed by atoms with Gasteiger partial charge in [-0.15, -0.1) is 11.3 Å². The van der Waals surface area contributed by atoms with Crippen LogP contribution in [0, 0.1) is 11.2 Å². The summed E-state index contributed by atoms with van der Waals surface area (Å²) in [4.78, 5) is 19.3. The maximum absolute atomic E-state index is 13.4. The average molecular weight is 360 g/mol. The van der Waals surface area contributed by atoms with Gasteiger partial charge in [0.05, 0.1) is 17.8 Å². The van der Waals surface area contributed by atoms with Gasteiger partial charge in [0.1, 0.15) is 11.6 Å². The van der Waals surface area contributed by atoms with Crippen LogP contribution in [0.1, 0.15) is 37.1 Å². The summed E-state index contributed by atoms with van der Waals surface area (Å²) in [6.07, 6.45) is 2.98. The van der Waals surface area contributed by atoms with Gasteiger partial charge in [-0.1, -0.05) is 6.92 Å². The highest BCUT2D eigenvalue weighted by Gasteiger charge is 2.48. The van der Waals surface area contributed by atoms with E-state index in [9.17, 15) is 9.18 Å². The molecule has 1 atom stereocenters. The Morgan fingerprint density at radius 3 is 2.96 bits per heavy atom. The predicted molar refractivity (Wildman–Crippen MR) is 95.3 cm³/mol. The van der Waals surface area contributed by atoms with Gasteiger partial charge in [-0.2, -0.15) is 0 Å². The first-order valence-electron chi connectivity index (χ1n) is 8.59. The largest absolute Gasteiger partial charge is 0.496 e. The molecule has 1 aromatic heterocycles. The van der Waals surface area contributed by atoms with Gasteiger partial charge in [0.25, 0.3) is 0 Å². The molecule has 6 heteroatoms. The second-order valence-electron chi connectivity index (χ2n) is 7.21. The SMILES string of the molecule is COc1cc(F)ccc1-c1csc(C2CCN(C(=O)C3(C)CC3)C2)n1. The lowest BCUT2D eigenvalue weighted by atomic mass is 10.1. The van der Waals surface area contributed by atoms with Crippen molar-refractivity contribution in [2.45, 2.75) is 32.1 Å². The molecule has 132 valence electrons. The summed E-state index contributed by atoms with van der Waals surface area (Å²) in [5.41, 5.74) is 1.49. The topological polar surface area (TPSA) is 42.4 Å². The number of nitrogens with zero attached hydrogens (tertiary/aromatic N) is 2. The van der Waals surface area contributed by atoms with Gasteiger partial charge < -0.3 is 9.64 Å². The highest BCUT2D eigenvalue weighted by molar-refractivity contribution is 7.10. The number of hydrogen-bond donors (Lipinski definition) is 0. The third kappa shape index (κ3) is 3.03. The number of rotatable bonds is 4. The molecule has 1 aromatic carbocycles. The number of amides is 1. The van der Waals surface area contributed by atoms with Crippen molar-refractivity contribution in [3.63, 3.8) is 0 Å². The quantitative estimate of drug-likeness (QED) is 0.825. The van der Waals surface area contributed by atoms with Gasteiger partial charge in [-0.05, 0) is 31.4 Å². The Balaban J connectivity index is 1.51. The number of aromatic nitrogens is 1. The van der Waals surface area contributed by atoms with E-state index in [0.29, 0.717) is 11.7 Å². The molecule has 1 saturated heterocycles. The maximum atomic E-state index is 13.4. The molecular formula is C19H21FN2O2S. The van der Waals surface area contributed by atoms with E-state index in [-0.39, 0.29) is 17.2 Å². The number of benzene rings is 1. The van der Waals surface area contributed by atoms with Crippen molar-refractivity contribution in [1.29, 1.82) is 0 Å². The zero-order valence-corrected chi connectivity index (χ0v) is 15.2. The molecular weight excluding hydrogens is 339 g/mol. The normalized spacial score (nSPS) is 21.4. The Morgan fingerprint density at radius 1 is 1.44 bits per heavy atom. The summed E-state index contributed by atoms with van der Waals surface area (Å²) in [5, 5.41) is 3.02. The van der Waals surface area contributed by atoms with E-state index in [0.717, 1.165) is 48.6 Å². The minimum atomic E-state index is -0.324. The van der Waals surface area contributed by atoms with E-state index in [1.165, 1.54) is 19.2 Å². The zero-order valence-electron chi connectivity index (χ0n) is 14.4. The van der Waals surface area contributed by atoms with Gasteiger partial charge in [0, 0.05) is 41.4 Å². The van der Waals surface area contributed by atoms with Gasteiger partial charge in [0.15, 0.2) is 0 Å². The smallest absolute Gasteiger partial charge is 0.228 e. The Bertz CT molecular complexity index is 816. The van der Waals surface area contributed by atoms with E-state index in [4.69, 9.17) is 9.72 Å². The number of halogens is 1. The van der Waals surface area contributed by atoms with Crippen LogP contribution in [-0.2, 0) is 4.79 Å². The molecule has 0 radical (unpaired) electrons. The molecule has 2 aromatic rings. The summed E-state index contributed by atoms with van der Waals surface area (Å²) in [5.74, 6) is 0.750. The summed E-state index contributed by atoms with van der Waals surface area (Å²) in [6.45, 7) is 3.63. The zero-order chi connectivity index (χ0) is 17.6. The van der Waals surface area contributed by atoms with E-state index in [1.807, 2.05) is 10.3 Å². The molecule has 2 aliphatic rings. The first-order valence-corrected chi connectivity index (χ1v) is 9.47. The summed E-state index contributed by atoms with van der Waals surface area (Å²) in [7, 11) is 1.53. The summed E-state index contributed by atoms with van der Waals surface area (Å²) in [6, 6.07) is 4.50. The van der Waals surface area contributed by atoms with Crippen molar-refractivity contribution in [3.8, 4) is 17.0 Å². The minimum absolute atomic E-state index is 0.107. The number of hydrogen-bond acceptors (Lipinski definition) is 4. The molecule has 2 heterocycles. The molecule has 25 heavy (non-hydrogen) atoms. The van der Waals surface area contributed by atoms with Crippen molar-refractivity contribution >= 4 is 17.2 Å². The predicted octanol–water partition coefficient (Wildman–Crippen LogP) is 4.07. The number of carbonyl (C=O) groups is 1. The molecule has 2 fully saturated rings. The first kappa shape index (κ1) is 16.5. The molecule has 4 rings (SSSR count). The van der Waals surface area contributed by atoms with E-state index in [2.05, 4.69) is 6.92 Å². The highest BCUT2D eigenvalue weighted by Crippen LogP contribution is 2.47. The Kier molecular flexibility index (Phi) is 4.02. The standard InChI is InChI=1S/C19H21FN2O2S/c1-19(6-7-19)18(23)22-8-5-12(10-22)17-21-15(11-25-17)14-4-3-13(20)9-16(14)24-2/h3-4,9,11-12H,5-8,10H2,1-2H3. The van der Waals surface area contributed by atoms with E-state index >= 15 is 0 Å². The highest BCUT2D eigenvalue weighted by atomic mass is 32.1. The Labute approximate surface area is 150 Å². The van der Waals surface area contributed by atoms with Gasteiger partial charge in [-0.3, -0.25) is 4.79 Å². The second-order valence-corrected chi connectivity index (χ2v) is 8.10. The third-order valence-corrected chi connectivity index (χ3v) is 6.31. The molecule has 0 bridgehead atoms. The molecule has 1 unspecified atom stereocenters. The average Bonchev–Trinajstić information content (AvgIpc) is 3.05. The summed E-state index contributed by atoms with van der Waals surface area (Å²) < 4.78 is 18.7. The maximum Gasteiger partial charge on any atom is 0.228 e. The van der Waals surface area contributed by atoms with Crippen LogP contribution in [0.15, 0.2) is 23.6 Å². The van der Waals surface area contributed by atoms with E-state index < -0.39 is 0 Å². The number of carbonyl (C=O) groups excluding carboxylic acids is 1. The summed E-state index contributed by atoms with van der Waals surface area (Å²) >= 11 is 1.60. The molecule has 1 aliphatic carbocycles. The van der Waals surface area contributed by atoms with Crippen LogP contribution in [0.4, 0.5) is 4.39 Å². The second kappa shape index (κ2) is 6.09. The van der Waals surface area contributed by atoms with Crippen LogP contribution >= 0.6 is 11.3 Å². The molecule has 4 nitrogen and oxygen atoms in total. The van der Waals surface area contributed by atoms with Crippen LogP contribution in [-0.4, -0.2) is 36.0 Å². The lowest BCUT2D eigenvalue weighted by Crippen LogP contribution is -2.34. The Morgan fingerprint density at radius 2 is 2.24 bits per heavy atom. The lowest BCUT2D eigenvalue weighted by molar-refractivity contribution is -0.135. The first-order chi connectivity index (χ1) is 12.0. The van der Waals surface area contributed by atoms with Crippen molar-refractivity contribution in [1.82, 2.24) is 9.88 Å². The monoisotopic (exact) mass is 360 g/mol. The van der Waals surface area contributed by atoms with Gasteiger partial charge in [0.2, 0.25) is 5.91 Å². The number of ether oxygens (including phenoxy) is 1. The fourth-order valence-corrected chi connectivity index (χ4v) is 4.35. The minimum Gasteiger partial charge on any atom is -0.496 e. The van der Waals surface area contributed by atoms with Crippen molar-refractivity contribution in [2.75, 3.05) is 20.2 Å². The van der Waals surface area contributed by atoms with Crippen LogP contribution in [0.2, 0.25) is 0 Å². The molecule has 1 amide bonds. The van der Waals surface area contributed by atoms with Gasteiger partial charge >= 0.3 is 0 Å². The lowest BCUT2D eigenvalue weighted by Gasteiger charge is -2.20. The van der Waals surface area contributed by atoms with Gasteiger partial charge in [-0.25, -0.2) is 9.37 Å². The van der Waals surface area contributed by atoms with Crippen molar-refractivity contribution < 1.29 is 13.9 Å². The number of likely N-dealkylation sites (tertiary alicyclic amines) is 1. The Hall–Kier alpha value is -1.95. The number of methoxy groups -OCH3 is 1. The molecule has 0 N–H and O–H groups in total. The molecule has 1 aliphatic heterocycles. The van der Waals surface area contributed by atoms with Crippen LogP contribution < -0.4 is 4.74 Å². The van der Waals surface area contributed by atoms with Crippen LogP contribution in [0.25, 0.3) is 11.3 Å². The van der Waals surface area contributed by atoms with E-state index in [1.54, 1.807) is 17.4 Å². The molecule has 1 saturated carbocycles.